The molecule has 3 heteroatoms. The molecule has 1 amide bonds. The van der Waals surface area contributed by atoms with E-state index in [1.54, 1.807) is 0 Å². The van der Waals surface area contributed by atoms with E-state index in [2.05, 4.69) is 11.8 Å². The fourth-order valence-corrected chi connectivity index (χ4v) is 3.93. The number of rotatable bonds is 1. The standard InChI is InChI=1S/C14H24N2O/c1-9-8-16(7-6-12(9)15)14(17)13-10-4-2-3-5-11(10)13/h9-13H,2-8,15H2,1H3. The van der Waals surface area contributed by atoms with Crippen molar-refractivity contribution in [2.75, 3.05) is 13.1 Å². The Kier molecular flexibility index (Phi) is 2.89. The molecule has 4 unspecified atom stereocenters. The van der Waals surface area contributed by atoms with Crippen molar-refractivity contribution < 1.29 is 4.79 Å². The van der Waals surface area contributed by atoms with Crippen molar-refractivity contribution >= 4 is 5.91 Å². The minimum Gasteiger partial charge on any atom is -0.342 e. The maximum Gasteiger partial charge on any atom is 0.226 e. The molecule has 3 rings (SSSR count). The zero-order valence-corrected chi connectivity index (χ0v) is 10.8. The molecular formula is C14H24N2O. The van der Waals surface area contributed by atoms with Crippen LogP contribution in [0.25, 0.3) is 0 Å². The molecule has 96 valence electrons. The third-order valence-corrected chi connectivity index (χ3v) is 5.22. The van der Waals surface area contributed by atoms with Crippen LogP contribution in [0.5, 0.6) is 0 Å². The van der Waals surface area contributed by atoms with Crippen LogP contribution in [0.3, 0.4) is 0 Å². The van der Waals surface area contributed by atoms with Crippen molar-refractivity contribution in [3.63, 3.8) is 0 Å². The second-order valence-corrected chi connectivity index (χ2v) is 6.35. The Morgan fingerprint density at radius 2 is 1.82 bits per heavy atom. The maximum atomic E-state index is 12.5. The number of carbonyl (C=O) groups excluding carboxylic acids is 1. The Balaban J connectivity index is 1.60. The number of amides is 1. The third-order valence-electron chi connectivity index (χ3n) is 5.22. The van der Waals surface area contributed by atoms with Crippen molar-refractivity contribution in [1.82, 2.24) is 4.90 Å². The third kappa shape index (κ3) is 1.99. The summed E-state index contributed by atoms with van der Waals surface area (Å²) in [6.07, 6.45) is 6.25. The van der Waals surface area contributed by atoms with E-state index in [1.807, 2.05) is 0 Å². The zero-order chi connectivity index (χ0) is 12.0. The van der Waals surface area contributed by atoms with Gasteiger partial charge in [-0.2, -0.15) is 0 Å². The molecule has 0 aromatic carbocycles. The van der Waals surface area contributed by atoms with Crippen LogP contribution in [0, 0.1) is 23.7 Å². The fraction of sp³-hybridized carbons (Fsp3) is 0.929. The summed E-state index contributed by atoms with van der Waals surface area (Å²) < 4.78 is 0. The molecule has 0 aromatic rings. The van der Waals surface area contributed by atoms with E-state index in [1.165, 1.54) is 25.7 Å². The second kappa shape index (κ2) is 4.27. The average molecular weight is 236 g/mol. The number of hydrogen-bond donors (Lipinski definition) is 1. The number of fused-ring (bicyclic) bond motifs is 1. The van der Waals surface area contributed by atoms with E-state index in [0.717, 1.165) is 31.3 Å². The van der Waals surface area contributed by atoms with Crippen LogP contribution < -0.4 is 5.73 Å². The first kappa shape index (κ1) is 11.5. The lowest BCUT2D eigenvalue weighted by Crippen LogP contribution is -2.48. The van der Waals surface area contributed by atoms with Gasteiger partial charge in [0.1, 0.15) is 0 Å². The topological polar surface area (TPSA) is 46.3 Å². The van der Waals surface area contributed by atoms with Gasteiger partial charge in [0.05, 0.1) is 0 Å². The van der Waals surface area contributed by atoms with E-state index in [0.29, 0.717) is 23.8 Å². The Hall–Kier alpha value is -0.570. The minimum atomic E-state index is 0.292. The monoisotopic (exact) mass is 236 g/mol. The molecule has 2 saturated carbocycles. The van der Waals surface area contributed by atoms with E-state index in [9.17, 15) is 4.79 Å². The van der Waals surface area contributed by atoms with Gasteiger partial charge in [-0.1, -0.05) is 19.8 Å². The number of nitrogens with two attached hydrogens (primary N) is 1. The van der Waals surface area contributed by atoms with Crippen LogP contribution in [0.4, 0.5) is 0 Å². The van der Waals surface area contributed by atoms with Gasteiger partial charge in [0.25, 0.3) is 0 Å². The number of piperidine rings is 1. The largest absolute Gasteiger partial charge is 0.342 e. The molecule has 4 atom stereocenters. The SMILES string of the molecule is CC1CN(C(=O)C2C3CCCCC32)CCC1N. The predicted molar refractivity (Wildman–Crippen MR) is 67.3 cm³/mol. The Morgan fingerprint density at radius 1 is 1.18 bits per heavy atom. The maximum absolute atomic E-state index is 12.5. The Bertz CT molecular complexity index is 305. The first-order valence-corrected chi connectivity index (χ1v) is 7.23. The van der Waals surface area contributed by atoms with Gasteiger partial charge in [-0.3, -0.25) is 4.79 Å². The van der Waals surface area contributed by atoms with Gasteiger partial charge in [-0.25, -0.2) is 0 Å². The number of hydrogen-bond acceptors (Lipinski definition) is 2. The summed E-state index contributed by atoms with van der Waals surface area (Å²) in [4.78, 5) is 14.6. The van der Waals surface area contributed by atoms with Gasteiger partial charge in [0.2, 0.25) is 5.91 Å². The highest BCUT2D eigenvalue weighted by molar-refractivity contribution is 5.82. The van der Waals surface area contributed by atoms with E-state index in [4.69, 9.17) is 5.73 Å². The van der Waals surface area contributed by atoms with Crippen molar-refractivity contribution in [3.05, 3.63) is 0 Å². The normalized spacial score (nSPS) is 45.3. The van der Waals surface area contributed by atoms with Crippen LogP contribution in [-0.2, 0) is 4.79 Å². The molecule has 3 fully saturated rings. The molecule has 0 radical (unpaired) electrons. The van der Waals surface area contributed by atoms with Gasteiger partial charge in [-0.05, 0) is 37.0 Å². The van der Waals surface area contributed by atoms with E-state index >= 15 is 0 Å². The van der Waals surface area contributed by atoms with Crippen LogP contribution in [0.15, 0.2) is 0 Å². The number of nitrogens with zero attached hydrogens (tertiary/aromatic N) is 1. The fourth-order valence-electron chi connectivity index (χ4n) is 3.93. The van der Waals surface area contributed by atoms with Crippen LogP contribution in [-0.4, -0.2) is 29.9 Å². The van der Waals surface area contributed by atoms with Crippen molar-refractivity contribution in [3.8, 4) is 0 Å². The molecule has 0 bridgehead atoms. The highest BCUT2D eigenvalue weighted by atomic mass is 16.2. The average Bonchev–Trinajstić information content (AvgIpc) is 3.06. The van der Waals surface area contributed by atoms with Crippen LogP contribution >= 0.6 is 0 Å². The predicted octanol–water partition coefficient (Wildman–Crippen LogP) is 1.62. The minimum absolute atomic E-state index is 0.292. The van der Waals surface area contributed by atoms with Gasteiger partial charge < -0.3 is 10.6 Å². The van der Waals surface area contributed by atoms with E-state index in [-0.39, 0.29) is 0 Å². The summed E-state index contributed by atoms with van der Waals surface area (Å²) in [6, 6.07) is 0.292. The summed E-state index contributed by atoms with van der Waals surface area (Å²) in [5.41, 5.74) is 6.01. The summed E-state index contributed by atoms with van der Waals surface area (Å²) in [5, 5.41) is 0. The molecule has 1 saturated heterocycles. The zero-order valence-electron chi connectivity index (χ0n) is 10.8. The quantitative estimate of drug-likeness (QED) is 0.752. The van der Waals surface area contributed by atoms with Gasteiger partial charge >= 0.3 is 0 Å². The second-order valence-electron chi connectivity index (χ2n) is 6.35. The molecule has 3 aliphatic rings. The van der Waals surface area contributed by atoms with Crippen LogP contribution in [0.1, 0.15) is 39.0 Å². The molecule has 1 heterocycles. The smallest absolute Gasteiger partial charge is 0.226 e. The lowest BCUT2D eigenvalue weighted by atomic mass is 9.94. The summed E-state index contributed by atoms with van der Waals surface area (Å²) >= 11 is 0. The first-order chi connectivity index (χ1) is 8.18. The first-order valence-electron chi connectivity index (χ1n) is 7.23. The van der Waals surface area contributed by atoms with Gasteiger partial charge in [0, 0.05) is 25.0 Å². The summed E-state index contributed by atoms with van der Waals surface area (Å²) in [7, 11) is 0. The van der Waals surface area contributed by atoms with Crippen molar-refractivity contribution in [1.29, 1.82) is 0 Å². The van der Waals surface area contributed by atoms with E-state index < -0.39 is 0 Å². The van der Waals surface area contributed by atoms with Crippen LogP contribution in [0.2, 0.25) is 0 Å². The highest BCUT2D eigenvalue weighted by Crippen LogP contribution is 2.56. The summed E-state index contributed by atoms with van der Waals surface area (Å²) in [6.45, 7) is 3.94. The molecule has 17 heavy (non-hydrogen) atoms. The van der Waals surface area contributed by atoms with Gasteiger partial charge in [0.15, 0.2) is 0 Å². The lowest BCUT2D eigenvalue weighted by Gasteiger charge is -2.35. The molecular weight excluding hydrogens is 212 g/mol. The highest BCUT2D eigenvalue weighted by Gasteiger charge is 2.55. The van der Waals surface area contributed by atoms with Crippen molar-refractivity contribution in [2.45, 2.75) is 45.1 Å². The molecule has 3 nitrogen and oxygen atoms in total. The van der Waals surface area contributed by atoms with Gasteiger partial charge in [-0.15, -0.1) is 0 Å². The molecule has 0 spiro atoms. The Morgan fingerprint density at radius 3 is 2.41 bits per heavy atom. The molecule has 2 aliphatic carbocycles. The lowest BCUT2D eigenvalue weighted by molar-refractivity contribution is -0.135. The molecule has 2 N–H and O–H groups in total. The number of carbonyl (C=O) groups is 1. The Labute approximate surface area is 104 Å². The van der Waals surface area contributed by atoms with Crippen molar-refractivity contribution in [2.24, 2.45) is 29.4 Å². The molecule has 1 aliphatic heterocycles. The summed E-state index contributed by atoms with van der Waals surface area (Å²) in [5.74, 6) is 2.78. The number of likely N-dealkylation sites (tertiary alicyclic amines) is 1. The molecule has 0 aromatic heterocycles.